The Morgan fingerprint density at radius 1 is 1.10 bits per heavy atom. The van der Waals surface area contributed by atoms with Crippen LogP contribution in [0.5, 0.6) is 0 Å². The van der Waals surface area contributed by atoms with Crippen LogP contribution in [0.1, 0.15) is 35.7 Å². The first-order chi connectivity index (χ1) is 9.52. The molecule has 5 heteroatoms. The number of amides is 1. The standard InChI is InChI=1S/C15H19NO4/c1-3-20-15(19)10-16-14(18)9-8-13(17)12-6-4-11(2)5-7-12/h4-7H,3,8-10H2,1-2H3,(H,16,18). The van der Waals surface area contributed by atoms with E-state index in [9.17, 15) is 14.4 Å². The lowest BCUT2D eigenvalue weighted by molar-refractivity contribution is -0.143. The molecule has 0 aliphatic heterocycles. The predicted molar refractivity (Wildman–Crippen MR) is 74.4 cm³/mol. The third-order valence-electron chi connectivity index (χ3n) is 2.69. The average molecular weight is 277 g/mol. The number of Topliss-reactive ketones (excluding diaryl/α,β-unsaturated/α-hetero) is 1. The number of aryl methyl sites for hydroxylation is 1. The monoisotopic (exact) mass is 277 g/mol. The smallest absolute Gasteiger partial charge is 0.325 e. The molecule has 0 fully saturated rings. The van der Waals surface area contributed by atoms with Crippen molar-refractivity contribution < 1.29 is 19.1 Å². The zero-order valence-electron chi connectivity index (χ0n) is 11.8. The van der Waals surface area contributed by atoms with Crippen LogP contribution in [0.4, 0.5) is 0 Å². The van der Waals surface area contributed by atoms with Crippen molar-refractivity contribution in [3.05, 3.63) is 35.4 Å². The van der Waals surface area contributed by atoms with Crippen molar-refractivity contribution >= 4 is 17.7 Å². The molecule has 1 aromatic carbocycles. The summed E-state index contributed by atoms with van der Waals surface area (Å²) in [4.78, 5) is 34.3. The third-order valence-corrected chi connectivity index (χ3v) is 2.69. The highest BCUT2D eigenvalue weighted by atomic mass is 16.5. The normalized spacial score (nSPS) is 9.90. The number of nitrogens with one attached hydrogen (secondary N) is 1. The molecular weight excluding hydrogens is 258 g/mol. The van der Waals surface area contributed by atoms with E-state index in [1.807, 2.05) is 19.1 Å². The second kappa shape index (κ2) is 8.09. The van der Waals surface area contributed by atoms with Gasteiger partial charge in [0, 0.05) is 18.4 Å². The van der Waals surface area contributed by atoms with E-state index in [1.165, 1.54) is 0 Å². The molecule has 0 spiro atoms. The van der Waals surface area contributed by atoms with Crippen LogP contribution in [-0.4, -0.2) is 30.8 Å². The van der Waals surface area contributed by atoms with Gasteiger partial charge in [-0.25, -0.2) is 0 Å². The molecule has 0 saturated carbocycles. The molecule has 0 heterocycles. The zero-order valence-corrected chi connectivity index (χ0v) is 11.8. The van der Waals surface area contributed by atoms with Gasteiger partial charge in [-0.15, -0.1) is 0 Å². The molecule has 1 rings (SSSR count). The first-order valence-electron chi connectivity index (χ1n) is 6.55. The van der Waals surface area contributed by atoms with Gasteiger partial charge in [0.15, 0.2) is 5.78 Å². The number of ether oxygens (including phenoxy) is 1. The minimum absolute atomic E-state index is 0.0616. The lowest BCUT2D eigenvalue weighted by Gasteiger charge is -2.05. The molecule has 108 valence electrons. The minimum atomic E-state index is -0.481. The fourth-order valence-corrected chi connectivity index (χ4v) is 1.58. The molecule has 0 aromatic heterocycles. The Bertz CT molecular complexity index is 479. The van der Waals surface area contributed by atoms with Crippen LogP contribution in [0.3, 0.4) is 0 Å². The van der Waals surface area contributed by atoms with Crippen LogP contribution in [-0.2, 0) is 14.3 Å². The number of rotatable bonds is 7. The van der Waals surface area contributed by atoms with Gasteiger partial charge in [-0.2, -0.15) is 0 Å². The summed E-state index contributed by atoms with van der Waals surface area (Å²) in [6, 6.07) is 7.20. The van der Waals surface area contributed by atoms with Gasteiger partial charge in [0.05, 0.1) is 6.61 Å². The highest BCUT2D eigenvalue weighted by molar-refractivity contribution is 5.98. The molecule has 20 heavy (non-hydrogen) atoms. The Balaban J connectivity index is 2.32. The van der Waals surface area contributed by atoms with E-state index in [2.05, 4.69) is 10.1 Å². The summed E-state index contributed by atoms with van der Waals surface area (Å²) in [7, 11) is 0. The van der Waals surface area contributed by atoms with Crippen LogP contribution in [0.2, 0.25) is 0 Å². The molecule has 0 unspecified atom stereocenters. The van der Waals surface area contributed by atoms with Crippen LogP contribution >= 0.6 is 0 Å². The highest BCUT2D eigenvalue weighted by Crippen LogP contribution is 2.07. The molecule has 0 atom stereocenters. The van der Waals surface area contributed by atoms with Gasteiger partial charge in [-0.05, 0) is 13.8 Å². The summed E-state index contributed by atoms with van der Waals surface area (Å²) in [5.41, 5.74) is 1.67. The van der Waals surface area contributed by atoms with Crippen LogP contribution < -0.4 is 5.32 Å². The zero-order chi connectivity index (χ0) is 15.0. The Morgan fingerprint density at radius 2 is 1.75 bits per heavy atom. The molecule has 0 saturated heterocycles. The fraction of sp³-hybridized carbons (Fsp3) is 0.400. The Kier molecular flexibility index (Phi) is 6.43. The largest absolute Gasteiger partial charge is 0.465 e. The maximum absolute atomic E-state index is 11.8. The molecule has 1 N–H and O–H groups in total. The van der Waals surface area contributed by atoms with E-state index in [0.29, 0.717) is 5.56 Å². The van der Waals surface area contributed by atoms with Crippen molar-refractivity contribution in [3.63, 3.8) is 0 Å². The van der Waals surface area contributed by atoms with E-state index < -0.39 is 5.97 Å². The molecule has 0 aliphatic carbocycles. The summed E-state index contributed by atoms with van der Waals surface area (Å²) in [6.07, 6.45) is 0.184. The summed E-state index contributed by atoms with van der Waals surface area (Å²) < 4.78 is 4.68. The van der Waals surface area contributed by atoms with Gasteiger partial charge in [0.2, 0.25) is 5.91 Å². The van der Waals surface area contributed by atoms with E-state index in [0.717, 1.165) is 5.56 Å². The average Bonchev–Trinajstić information content (AvgIpc) is 2.43. The van der Waals surface area contributed by atoms with Gasteiger partial charge >= 0.3 is 5.97 Å². The number of ketones is 1. The third kappa shape index (κ3) is 5.65. The lowest BCUT2D eigenvalue weighted by atomic mass is 10.1. The molecule has 0 bridgehead atoms. The maximum atomic E-state index is 11.8. The van der Waals surface area contributed by atoms with Gasteiger partial charge in [0.1, 0.15) is 6.54 Å². The van der Waals surface area contributed by atoms with Crippen LogP contribution in [0.15, 0.2) is 24.3 Å². The first kappa shape index (κ1) is 15.9. The van der Waals surface area contributed by atoms with Gasteiger partial charge in [-0.1, -0.05) is 29.8 Å². The van der Waals surface area contributed by atoms with Crippen molar-refractivity contribution in [2.24, 2.45) is 0 Å². The summed E-state index contributed by atoms with van der Waals surface area (Å²) in [5, 5.41) is 2.42. The topological polar surface area (TPSA) is 72.5 Å². The fourth-order valence-electron chi connectivity index (χ4n) is 1.58. The van der Waals surface area contributed by atoms with E-state index in [-0.39, 0.29) is 37.7 Å². The molecule has 1 amide bonds. The summed E-state index contributed by atoms with van der Waals surface area (Å²) in [5.74, 6) is -0.902. The number of benzene rings is 1. The second-order valence-electron chi connectivity index (χ2n) is 4.37. The molecule has 1 aromatic rings. The van der Waals surface area contributed by atoms with Crippen LogP contribution in [0, 0.1) is 6.92 Å². The number of hydrogen-bond acceptors (Lipinski definition) is 4. The summed E-state index contributed by atoms with van der Waals surface area (Å²) >= 11 is 0. The summed E-state index contributed by atoms with van der Waals surface area (Å²) in [6.45, 7) is 3.75. The lowest BCUT2D eigenvalue weighted by Crippen LogP contribution is -2.30. The van der Waals surface area contributed by atoms with Gasteiger partial charge < -0.3 is 10.1 Å². The van der Waals surface area contributed by atoms with E-state index in [1.54, 1.807) is 19.1 Å². The quantitative estimate of drug-likeness (QED) is 0.607. The molecule has 5 nitrogen and oxygen atoms in total. The van der Waals surface area contributed by atoms with Gasteiger partial charge in [-0.3, -0.25) is 14.4 Å². The number of carbonyl (C=O) groups excluding carboxylic acids is 3. The number of carbonyl (C=O) groups is 3. The Morgan fingerprint density at radius 3 is 2.35 bits per heavy atom. The molecular formula is C15H19NO4. The first-order valence-corrected chi connectivity index (χ1v) is 6.55. The van der Waals surface area contributed by atoms with Crippen molar-refractivity contribution in [2.45, 2.75) is 26.7 Å². The van der Waals surface area contributed by atoms with Crippen molar-refractivity contribution in [2.75, 3.05) is 13.2 Å². The Labute approximate surface area is 118 Å². The number of hydrogen-bond donors (Lipinski definition) is 1. The minimum Gasteiger partial charge on any atom is -0.465 e. The SMILES string of the molecule is CCOC(=O)CNC(=O)CCC(=O)c1ccc(C)cc1. The second-order valence-corrected chi connectivity index (χ2v) is 4.37. The van der Waals surface area contributed by atoms with Crippen molar-refractivity contribution in [1.82, 2.24) is 5.32 Å². The van der Waals surface area contributed by atoms with E-state index in [4.69, 9.17) is 0 Å². The van der Waals surface area contributed by atoms with Crippen molar-refractivity contribution in [1.29, 1.82) is 0 Å². The van der Waals surface area contributed by atoms with Gasteiger partial charge in [0.25, 0.3) is 0 Å². The Hall–Kier alpha value is -2.17. The maximum Gasteiger partial charge on any atom is 0.325 e. The van der Waals surface area contributed by atoms with E-state index >= 15 is 0 Å². The van der Waals surface area contributed by atoms with Crippen molar-refractivity contribution in [3.8, 4) is 0 Å². The predicted octanol–water partition coefficient (Wildman–Crippen LogP) is 1.64. The number of esters is 1. The molecule has 0 radical (unpaired) electrons. The van der Waals surface area contributed by atoms with Crippen LogP contribution in [0.25, 0.3) is 0 Å². The molecule has 0 aliphatic rings. The highest BCUT2D eigenvalue weighted by Gasteiger charge is 2.10.